The fourth-order valence-corrected chi connectivity index (χ4v) is 3.58. The quantitative estimate of drug-likeness (QED) is 0.847. The molecule has 3 rings (SSSR count). The Kier molecular flexibility index (Phi) is 2.97. The molecule has 0 aliphatic carbocycles. The van der Waals surface area contributed by atoms with Gasteiger partial charge in [-0.2, -0.15) is 0 Å². The molecule has 92 valence electrons. The van der Waals surface area contributed by atoms with Crippen LogP contribution in [-0.4, -0.2) is 18.1 Å². The predicted molar refractivity (Wildman–Crippen MR) is 73.0 cm³/mol. The van der Waals surface area contributed by atoms with Gasteiger partial charge in [0.25, 0.3) is 0 Å². The molecule has 2 aliphatic heterocycles. The topological polar surface area (TPSA) is 29.3 Å². The van der Waals surface area contributed by atoms with Crippen molar-refractivity contribution in [2.24, 2.45) is 5.73 Å². The van der Waals surface area contributed by atoms with Crippen molar-refractivity contribution in [2.45, 2.75) is 43.8 Å². The second-order valence-corrected chi connectivity index (χ2v) is 5.94. The van der Waals surface area contributed by atoms with Crippen molar-refractivity contribution in [3.8, 4) is 0 Å². The second-order valence-electron chi connectivity index (χ2n) is 5.12. The zero-order valence-corrected chi connectivity index (χ0v) is 11.1. The SMILES string of the molecule is NC1CC2CCC(C1)N2c1ccc(Cl)c(Cl)c1. The fraction of sp³-hybridized carbons (Fsp3) is 0.538. The maximum atomic E-state index is 6.09. The van der Waals surface area contributed by atoms with Gasteiger partial charge in [0.1, 0.15) is 0 Å². The van der Waals surface area contributed by atoms with Crippen molar-refractivity contribution in [3.63, 3.8) is 0 Å². The van der Waals surface area contributed by atoms with E-state index >= 15 is 0 Å². The molecule has 2 nitrogen and oxygen atoms in total. The lowest BCUT2D eigenvalue weighted by atomic mass is 9.97. The molecule has 2 saturated heterocycles. The van der Waals surface area contributed by atoms with Gasteiger partial charge in [0.05, 0.1) is 10.0 Å². The van der Waals surface area contributed by atoms with Crippen LogP contribution in [0.1, 0.15) is 25.7 Å². The maximum Gasteiger partial charge on any atom is 0.0612 e. The van der Waals surface area contributed by atoms with E-state index in [9.17, 15) is 0 Å². The number of hydrogen-bond donors (Lipinski definition) is 1. The van der Waals surface area contributed by atoms with Crippen LogP contribution >= 0.6 is 23.2 Å². The first-order chi connectivity index (χ1) is 8.15. The molecule has 0 spiro atoms. The van der Waals surface area contributed by atoms with Crippen LogP contribution in [0.2, 0.25) is 10.0 Å². The van der Waals surface area contributed by atoms with E-state index in [2.05, 4.69) is 11.0 Å². The molecule has 0 aromatic heterocycles. The van der Waals surface area contributed by atoms with Crippen LogP contribution in [0.4, 0.5) is 5.69 Å². The van der Waals surface area contributed by atoms with Crippen LogP contribution in [-0.2, 0) is 0 Å². The standard InChI is InChI=1S/C13H16Cl2N2/c14-12-4-3-11(7-13(12)15)17-9-1-2-10(17)6-8(16)5-9/h3-4,7-10H,1-2,5-6,16H2. The summed E-state index contributed by atoms with van der Waals surface area (Å²) >= 11 is 12.1. The number of anilines is 1. The van der Waals surface area contributed by atoms with E-state index in [-0.39, 0.29) is 0 Å². The summed E-state index contributed by atoms with van der Waals surface area (Å²) in [7, 11) is 0. The number of piperidine rings is 1. The Bertz CT molecular complexity index is 421. The van der Waals surface area contributed by atoms with Crippen LogP contribution in [0.25, 0.3) is 0 Å². The van der Waals surface area contributed by atoms with Gasteiger partial charge in [-0.3, -0.25) is 0 Å². The Balaban J connectivity index is 1.92. The van der Waals surface area contributed by atoms with Crippen LogP contribution in [0, 0.1) is 0 Å². The van der Waals surface area contributed by atoms with Gasteiger partial charge in [-0.15, -0.1) is 0 Å². The van der Waals surface area contributed by atoms with Gasteiger partial charge in [0.15, 0.2) is 0 Å². The van der Waals surface area contributed by atoms with Crippen LogP contribution in [0.3, 0.4) is 0 Å². The highest BCUT2D eigenvalue weighted by Crippen LogP contribution is 2.40. The van der Waals surface area contributed by atoms with Gasteiger partial charge in [0, 0.05) is 23.8 Å². The van der Waals surface area contributed by atoms with Crippen molar-refractivity contribution in [2.75, 3.05) is 4.90 Å². The number of hydrogen-bond acceptors (Lipinski definition) is 2. The van der Waals surface area contributed by atoms with E-state index in [1.165, 1.54) is 18.5 Å². The molecular weight excluding hydrogens is 255 g/mol. The number of nitrogens with two attached hydrogens (primary N) is 1. The van der Waals surface area contributed by atoms with E-state index in [4.69, 9.17) is 28.9 Å². The van der Waals surface area contributed by atoms with E-state index in [1.54, 1.807) is 0 Å². The third-order valence-electron chi connectivity index (χ3n) is 3.97. The summed E-state index contributed by atoms with van der Waals surface area (Å²) in [4.78, 5) is 2.49. The lowest BCUT2D eigenvalue weighted by Gasteiger charge is -2.39. The summed E-state index contributed by atoms with van der Waals surface area (Å²) < 4.78 is 0. The van der Waals surface area contributed by atoms with E-state index in [0.717, 1.165) is 12.8 Å². The number of benzene rings is 1. The highest BCUT2D eigenvalue weighted by molar-refractivity contribution is 6.42. The first-order valence-corrected chi connectivity index (χ1v) is 6.89. The molecule has 2 atom stereocenters. The van der Waals surface area contributed by atoms with Crippen molar-refractivity contribution < 1.29 is 0 Å². The van der Waals surface area contributed by atoms with Gasteiger partial charge in [-0.1, -0.05) is 23.2 Å². The first-order valence-electron chi connectivity index (χ1n) is 6.14. The Labute approximate surface area is 112 Å². The van der Waals surface area contributed by atoms with Crippen molar-refractivity contribution in [1.82, 2.24) is 0 Å². The van der Waals surface area contributed by atoms with E-state index in [1.807, 2.05) is 12.1 Å². The molecule has 2 N–H and O–H groups in total. The lowest BCUT2D eigenvalue weighted by Crippen LogP contribution is -2.47. The summed E-state index contributed by atoms with van der Waals surface area (Å²) in [6.07, 6.45) is 4.69. The first kappa shape index (κ1) is 11.6. The average molecular weight is 271 g/mol. The molecule has 2 fully saturated rings. The number of rotatable bonds is 1. The number of fused-ring (bicyclic) bond motifs is 2. The minimum absolute atomic E-state index is 0.367. The zero-order chi connectivity index (χ0) is 12.0. The summed E-state index contributed by atoms with van der Waals surface area (Å²) in [6, 6.07) is 7.46. The minimum Gasteiger partial charge on any atom is -0.365 e. The molecule has 4 heteroatoms. The van der Waals surface area contributed by atoms with Crippen molar-refractivity contribution in [3.05, 3.63) is 28.2 Å². The predicted octanol–water partition coefficient (Wildman–Crippen LogP) is 3.45. The molecule has 0 saturated carbocycles. The highest BCUT2D eigenvalue weighted by atomic mass is 35.5. The van der Waals surface area contributed by atoms with Gasteiger partial charge in [0.2, 0.25) is 0 Å². The number of halogens is 2. The number of nitrogens with zero attached hydrogens (tertiary/aromatic N) is 1. The molecule has 0 radical (unpaired) electrons. The molecule has 2 heterocycles. The van der Waals surface area contributed by atoms with Gasteiger partial charge < -0.3 is 10.6 Å². The highest BCUT2D eigenvalue weighted by Gasteiger charge is 2.39. The van der Waals surface area contributed by atoms with Crippen LogP contribution < -0.4 is 10.6 Å². The average Bonchev–Trinajstić information content (AvgIpc) is 2.55. The minimum atomic E-state index is 0.367. The Morgan fingerprint density at radius 3 is 2.29 bits per heavy atom. The van der Waals surface area contributed by atoms with Crippen LogP contribution in [0.5, 0.6) is 0 Å². The monoisotopic (exact) mass is 270 g/mol. The van der Waals surface area contributed by atoms with E-state index < -0.39 is 0 Å². The smallest absolute Gasteiger partial charge is 0.0612 e. The van der Waals surface area contributed by atoms with Crippen molar-refractivity contribution in [1.29, 1.82) is 0 Å². The third-order valence-corrected chi connectivity index (χ3v) is 4.71. The molecule has 2 aliphatic rings. The molecule has 2 bridgehead atoms. The second kappa shape index (κ2) is 4.34. The van der Waals surface area contributed by atoms with E-state index in [0.29, 0.717) is 28.2 Å². The Morgan fingerprint density at radius 1 is 1.06 bits per heavy atom. The molecular formula is C13H16Cl2N2. The third kappa shape index (κ3) is 2.03. The van der Waals surface area contributed by atoms with Gasteiger partial charge >= 0.3 is 0 Å². The van der Waals surface area contributed by atoms with Crippen molar-refractivity contribution >= 4 is 28.9 Å². The Hall–Kier alpha value is -0.440. The molecule has 1 aromatic carbocycles. The normalized spacial score (nSPS) is 31.9. The fourth-order valence-electron chi connectivity index (χ4n) is 3.29. The summed E-state index contributed by atoms with van der Waals surface area (Å²) in [5, 5.41) is 1.26. The molecule has 17 heavy (non-hydrogen) atoms. The zero-order valence-electron chi connectivity index (χ0n) is 9.57. The molecule has 2 unspecified atom stereocenters. The molecule has 1 aromatic rings. The summed E-state index contributed by atoms with van der Waals surface area (Å²) in [6.45, 7) is 0. The van der Waals surface area contributed by atoms with Crippen LogP contribution in [0.15, 0.2) is 18.2 Å². The van der Waals surface area contributed by atoms with Gasteiger partial charge in [-0.25, -0.2) is 0 Å². The lowest BCUT2D eigenvalue weighted by molar-refractivity contribution is 0.414. The maximum absolute atomic E-state index is 6.09. The largest absolute Gasteiger partial charge is 0.365 e. The summed E-state index contributed by atoms with van der Waals surface area (Å²) in [5.41, 5.74) is 7.27. The van der Waals surface area contributed by atoms with Gasteiger partial charge in [-0.05, 0) is 43.9 Å². The summed E-state index contributed by atoms with van der Waals surface area (Å²) in [5.74, 6) is 0. The molecule has 0 amide bonds. The Morgan fingerprint density at radius 2 is 1.71 bits per heavy atom.